The monoisotopic (exact) mass is 440 g/mol. The lowest BCUT2D eigenvalue weighted by atomic mass is 10.1. The zero-order valence-corrected chi connectivity index (χ0v) is 17.5. The molecule has 0 bridgehead atoms. The van der Waals surface area contributed by atoms with Crippen molar-refractivity contribution in [1.82, 2.24) is 4.98 Å². The second kappa shape index (κ2) is 8.99. The van der Waals surface area contributed by atoms with Gasteiger partial charge in [0.1, 0.15) is 11.5 Å². The number of carbonyl (C=O) groups excluding carboxylic acids is 1. The first-order chi connectivity index (χ1) is 13.5. The maximum absolute atomic E-state index is 12.7. The fourth-order valence-corrected chi connectivity index (χ4v) is 3.05. The van der Waals surface area contributed by atoms with Crippen LogP contribution in [-0.2, 0) is 4.74 Å². The van der Waals surface area contributed by atoms with Crippen LogP contribution < -0.4 is 10.1 Å². The van der Waals surface area contributed by atoms with Crippen molar-refractivity contribution < 1.29 is 14.3 Å². The molecule has 0 spiro atoms. The van der Waals surface area contributed by atoms with Crippen LogP contribution in [0, 0.1) is 6.92 Å². The summed E-state index contributed by atoms with van der Waals surface area (Å²) in [6.45, 7) is 3.73. The van der Waals surface area contributed by atoms with Crippen molar-refractivity contribution in [2.75, 3.05) is 12.4 Å². The van der Waals surface area contributed by atoms with E-state index in [9.17, 15) is 4.79 Å². The fourth-order valence-electron chi connectivity index (χ4n) is 2.67. The molecule has 1 atom stereocenters. The second-order valence-electron chi connectivity index (χ2n) is 6.29. The first kappa shape index (κ1) is 20.0. The molecular weight excluding hydrogens is 420 g/mol. The van der Waals surface area contributed by atoms with E-state index in [0.29, 0.717) is 28.4 Å². The van der Waals surface area contributed by atoms with Gasteiger partial charge in [0.15, 0.2) is 0 Å². The number of aromatic nitrogens is 1. The third-order valence-corrected chi connectivity index (χ3v) is 4.74. The van der Waals surface area contributed by atoms with Crippen molar-refractivity contribution >= 4 is 27.5 Å². The highest BCUT2D eigenvalue weighted by Gasteiger charge is 2.14. The van der Waals surface area contributed by atoms with E-state index in [1.165, 1.54) is 0 Å². The molecule has 0 radical (unpaired) electrons. The first-order valence-corrected chi connectivity index (χ1v) is 9.60. The summed E-state index contributed by atoms with van der Waals surface area (Å²) >= 11 is 3.42. The molecule has 0 saturated heterocycles. The van der Waals surface area contributed by atoms with Gasteiger partial charge in [-0.05, 0) is 56.3 Å². The molecule has 0 aliphatic heterocycles. The maximum atomic E-state index is 12.7. The Morgan fingerprint density at radius 1 is 1.07 bits per heavy atom. The van der Waals surface area contributed by atoms with Gasteiger partial charge in [-0.2, -0.15) is 0 Å². The van der Waals surface area contributed by atoms with E-state index in [4.69, 9.17) is 9.47 Å². The Labute approximate surface area is 172 Å². The quantitative estimate of drug-likeness (QED) is 0.517. The molecule has 28 heavy (non-hydrogen) atoms. The van der Waals surface area contributed by atoms with E-state index in [1.54, 1.807) is 19.2 Å². The van der Waals surface area contributed by atoms with Crippen molar-refractivity contribution in [2.24, 2.45) is 0 Å². The van der Waals surface area contributed by atoms with Crippen molar-refractivity contribution in [1.29, 1.82) is 0 Å². The molecule has 2 aromatic carbocycles. The van der Waals surface area contributed by atoms with Crippen LogP contribution in [0.1, 0.15) is 34.8 Å². The van der Waals surface area contributed by atoms with Gasteiger partial charge in [0.25, 0.3) is 5.91 Å². The summed E-state index contributed by atoms with van der Waals surface area (Å²) in [5.74, 6) is 1.12. The number of methoxy groups -OCH3 is 1. The largest absolute Gasteiger partial charge is 0.457 e. The minimum absolute atomic E-state index is 0.123. The van der Waals surface area contributed by atoms with Crippen molar-refractivity contribution in [2.45, 2.75) is 20.0 Å². The van der Waals surface area contributed by atoms with Crippen molar-refractivity contribution in [3.05, 3.63) is 82.1 Å². The number of benzene rings is 2. The van der Waals surface area contributed by atoms with E-state index in [2.05, 4.69) is 26.2 Å². The summed E-state index contributed by atoms with van der Waals surface area (Å²) in [7, 11) is 1.63. The number of amides is 1. The summed E-state index contributed by atoms with van der Waals surface area (Å²) in [5.41, 5.74) is 2.61. The van der Waals surface area contributed by atoms with Crippen LogP contribution in [0.3, 0.4) is 0 Å². The summed E-state index contributed by atoms with van der Waals surface area (Å²) in [6, 6.07) is 18.4. The number of hydrogen-bond acceptors (Lipinski definition) is 4. The number of pyridine rings is 1. The number of ether oxygens (including phenoxy) is 2. The van der Waals surface area contributed by atoms with Crippen LogP contribution in [0.2, 0.25) is 0 Å². The minimum atomic E-state index is -0.221. The molecule has 1 aromatic heterocycles. The number of nitrogens with one attached hydrogen (secondary N) is 1. The zero-order chi connectivity index (χ0) is 20.1. The lowest BCUT2D eigenvalue weighted by molar-refractivity contribution is 0.102. The van der Waals surface area contributed by atoms with E-state index < -0.39 is 0 Å². The van der Waals surface area contributed by atoms with Crippen LogP contribution in [-0.4, -0.2) is 18.0 Å². The normalized spacial score (nSPS) is 11.7. The van der Waals surface area contributed by atoms with Crippen molar-refractivity contribution in [3.63, 3.8) is 0 Å². The zero-order valence-electron chi connectivity index (χ0n) is 15.9. The van der Waals surface area contributed by atoms with Gasteiger partial charge in [0.2, 0.25) is 0 Å². The summed E-state index contributed by atoms with van der Waals surface area (Å²) in [4.78, 5) is 17.1. The molecular formula is C22H21BrN2O3. The Balaban J connectivity index is 1.74. The molecule has 0 aliphatic rings. The highest BCUT2D eigenvalue weighted by atomic mass is 79.9. The van der Waals surface area contributed by atoms with E-state index in [0.717, 1.165) is 10.2 Å². The predicted molar refractivity (Wildman–Crippen MR) is 113 cm³/mol. The number of carbonyl (C=O) groups is 1. The predicted octanol–water partition coefficient (Wildman–Crippen LogP) is 5.90. The highest BCUT2D eigenvalue weighted by Crippen LogP contribution is 2.26. The molecule has 3 aromatic rings. The van der Waals surface area contributed by atoms with E-state index >= 15 is 0 Å². The van der Waals surface area contributed by atoms with Gasteiger partial charge in [0, 0.05) is 23.3 Å². The van der Waals surface area contributed by atoms with Crippen LogP contribution in [0.5, 0.6) is 11.5 Å². The third-order valence-electron chi connectivity index (χ3n) is 4.25. The van der Waals surface area contributed by atoms with Gasteiger partial charge in [-0.15, -0.1) is 0 Å². The van der Waals surface area contributed by atoms with Gasteiger partial charge in [0.05, 0.1) is 23.1 Å². The first-order valence-electron chi connectivity index (χ1n) is 8.81. The SMILES string of the molecule is COC(C)c1ccc(C(=O)Nc2cccc(Oc3cccc(Br)c3)c2)c(C)n1. The molecule has 5 nitrogen and oxygen atoms in total. The Kier molecular flexibility index (Phi) is 6.44. The Morgan fingerprint density at radius 3 is 2.46 bits per heavy atom. The van der Waals surface area contributed by atoms with Crippen LogP contribution in [0.25, 0.3) is 0 Å². The van der Waals surface area contributed by atoms with E-state index in [1.807, 2.05) is 62.4 Å². The summed E-state index contributed by atoms with van der Waals surface area (Å²) in [6.07, 6.45) is -0.123. The topological polar surface area (TPSA) is 60.5 Å². The van der Waals surface area contributed by atoms with Gasteiger partial charge in [-0.3, -0.25) is 9.78 Å². The van der Waals surface area contributed by atoms with Gasteiger partial charge in [-0.25, -0.2) is 0 Å². The third kappa shape index (κ3) is 4.97. The van der Waals surface area contributed by atoms with Gasteiger partial charge in [-0.1, -0.05) is 28.1 Å². The molecule has 1 heterocycles. The molecule has 0 saturated carbocycles. The number of hydrogen-bond donors (Lipinski definition) is 1. The average molecular weight is 441 g/mol. The maximum Gasteiger partial charge on any atom is 0.257 e. The summed E-state index contributed by atoms with van der Waals surface area (Å²) in [5, 5.41) is 2.90. The Bertz CT molecular complexity index is 991. The highest BCUT2D eigenvalue weighted by molar-refractivity contribution is 9.10. The summed E-state index contributed by atoms with van der Waals surface area (Å²) < 4.78 is 12.1. The molecule has 0 fully saturated rings. The van der Waals surface area contributed by atoms with Crippen LogP contribution >= 0.6 is 15.9 Å². The Hall–Kier alpha value is -2.70. The van der Waals surface area contributed by atoms with Gasteiger partial charge < -0.3 is 14.8 Å². The lowest BCUT2D eigenvalue weighted by Gasteiger charge is -2.13. The minimum Gasteiger partial charge on any atom is -0.457 e. The number of aryl methyl sites for hydroxylation is 1. The molecule has 1 N–H and O–H groups in total. The number of rotatable bonds is 6. The fraction of sp³-hybridized carbons (Fsp3) is 0.182. The lowest BCUT2D eigenvalue weighted by Crippen LogP contribution is -2.15. The molecule has 0 aliphatic carbocycles. The number of nitrogens with zero attached hydrogens (tertiary/aromatic N) is 1. The van der Waals surface area contributed by atoms with E-state index in [-0.39, 0.29) is 12.0 Å². The Morgan fingerprint density at radius 2 is 1.79 bits per heavy atom. The number of halogens is 1. The molecule has 1 unspecified atom stereocenters. The molecule has 1 amide bonds. The second-order valence-corrected chi connectivity index (χ2v) is 7.20. The van der Waals surface area contributed by atoms with Crippen molar-refractivity contribution in [3.8, 4) is 11.5 Å². The average Bonchev–Trinajstić information content (AvgIpc) is 2.67. The van der Waals surface area contributed by atoms with Gasteiger partial charge >= 0.3 is 0 Å². The molecule has 3 rings (SSSR count). The number of anilines is 1. The smallest absolute Gasteiger partial charge is 0.257 e. The standard InChI is InChI=1S/C22H21BrN2O3/c1-14-20(10-11-21(24-14)15(2)27-3)22(26)25-17-7-5-9-19(13-17)28-18-8-4-6-16(23)12-18/h4-13,15H,1-3H3,(H,25,26). The van der Waals surface area contributed by atoms with Crippen LogP contribution in [0.4, 0.5) is 5.69 Å². The van der Waals surface area contributed by atoms with Crippen LogP contribution in [0.15, 0.2) is 65.1 Å². The molecule has 144 valence electrons. The molecule has 6 heteroatoms.